The van der Waals surface area contributed by atoms with Crippen LogP contribution in [0.25, 0.3) is 10.4 Å². The highest BCUT2D eigenvalue weighted by molar-refractivity contribution is 7.15. The van der Waals surface area contributed by atoms with E-state index in [4.69, 9.17) is 5.73 Å². The van der Waals surface area contributed by atoms with Crippen LogP contribution in [0.3, 0.4) is 0 Å². The van der Waals surface area contributed by atoms with Gasteiger partial charge in [-0.3, -0.25) is 0 Å². The largest absolute Gasteiger partial charge is 0.398 e. The van der Waals surface area contributed by atoms with Crippen LogP contribution >= 0.6 is 11.3 Å². The number of rotatable bonds is 1. The SMILES string of the molecule is Cc1ccc(-c2cc(N)c(C)cc2C)s1. The Morgan fingerprint density at radius 3 is 2.33 bits per heavy atom. The van der Waals surface area contributed by atoms with Gasteiger partial charge in [-0.25, -0.2) is 0 Å². The summed E-state index contributed by atoms with van der Waals surface area (Å²) in [6.07, 6.45) is 0. The predicted molar refractivity (Wildman–Crippen MR) is 68.4 cm³/mol. The molecule has 0 spiro atoms. The molecular weight excluding hydrogens is 202 g/mol. The predicted octanol–water partition coefficient (Wildman–Crippen LogP) is 3.92. The van der Waals surface area contributed by atoms with E-state index in [1.54, 1.807) is 0 Å². The summed E-state index contributed by atoms with van der Waals surface area (Å²) >= 11 is 1.81. The fourth-order valence-electron chi connectivity index (χ4n) is 1.71. The molecule has 0 atom stereocenters. The van der Waals surface area contributed by atoms with E-state index in [1.807, 2.05) is 18.3 Å². The van der Waals surface area contributed by atoms with E-state index < -0.39 is 0 Å². The summed E-state index contributed by atoms with van der Waals surface area (Å²) in [7, 11) is 0. The van der Waals surface area contributed by atoms with Crippen molar-refractivity contribution in [1.82, 2.24) is 0 Å². The molecule has 2 heteroatoms. The molecule has 1 aromatic carbocycles. The van der Waals surface area contributed by atoms with Crippen molar-refractivity contribution in [2.24, 2.45) is 0 Å². The van der Waals surface area contributed by atoms with Gasteiger partial charge < -0.3 is 5.73 Å². The Hall–Kier alpha value is -1.28. The van der Waals surface area contributed by atoms with Gasteiger partial charge in [0.15, 0.2) is 0 Å². The minimum absolute atomic E-state index is 0.877. The molecule has 2 N–H and O–H groups in total. The van der Waals surface area contributed by atoms with Gasteiger partial charge >= 0.3 is 0 Å². The molecule has 0 aliphatic carbocycles. The minimum atomic E-state index is 0.877. The highest BCUT2D eigenvalue weighted by Gasteiger charge is 2.06. The first-order valence-electron chi connectivity index (χ1n) is 5.01. The van der Waals surface area contributed by atoms with Crippen molar-refractivity contribution >= 4 is 17.0 Å². The first kappa shape index (κ1) is 10.2. The third-order valence-electron chi connectivity index (χ3n) is 2.62. The summed E-state index contributed by atoms with van der Waals surface area (Å²) in [6, 6.07) is 8.54. The Morgan fingerprint density at radius 2 is 1.73 bits per heavy atom. The molecule has 0 saturated heterocycles. The Balaban J connectivity index is 2.58. The Morgan fingerprint density at radius 1 is 1.00 bits per heavy atom. The van der Waals surface area contributed by atoms with Gasteiger partial charge in [0.1, 0.15) is 0 Å². The molecule has 1 nitrogen and oxygen atoms in total. The second kappa shape index (κ2) is 3.70. The molecule has 0 fully saturated rings. The van der Waals surface area contributed by atoms with Crippen molar-refractivity contribution < 1.29 is 0 Å². The molecule has 0 amide bonds. The number of thiophene rings is 1. The maximum atomic E-state index is 5.94. The number of benzene rings is 1. The highest BCUT2D eigenvalue weighted by atomic mass is 32.1. The number of hydrogen-bond acceptors (Lipinski definition) is 2. The fourth-order valence-corrected chi connectivity index (χ4v) is 2.66. The Labute approximate surface area is 94.6 Å². The molecule has 0 aliphatic rings. The first-order chi connectivity index (χ1) is 7.08. The second-order valence-corrected chi connectivity index (χ2v) is 5.22. The average molecular weight is 217 g/mol. The molecule has 78 valence electrons. The number of anilines is 1. The lowest BCUT2D eigenvalue weighted by Crippen LogP contribution is -1.92. The standard InChI is InChI=1S/C13H15NS/c1-8-6-9(2)12(14)7-11(8)13-5-4-10(3)15-13/h4-7H,14H2,1-3H3. The van der Waals surface area contributed by atoms with Gasteiger partial charge in [0.25, 0.3) is 0 Å². The topological polar surface area (TPSA) is 26.0 Å². The Kier molecular flexibility index (Phi) is 2.53. The maximum Gasteiger partial charge on any atom is 0.0350 e. The van der Waals surface area contributed by atoms with E-state index in [2.05, 4.69) is 38.1 Å². The number of hydrogen-bond donors (Lipinski definition) is 1. The first-order valence-corrected chi connectivity index (χ1v) is 5.83. The van der Waals surface area contributed by atoms with Crippen LogP contribution in [0.1, 0.15) is 16.0 Å². The van der Waals surface area contributed by atoms with Gasteiger partial charge in [-0.15, -0.1) is 11.3 Å². The second-order valence-electron chi connectivity index (χ2n) is 3.93. The molecule has 1 heterocycles. The average Bonchev–Trinajstić information content (AvgIpc) is 2.58. The van der Waals surface area contributed by atoms with E-state index in [-0.39, 0.29) is 0 Å². The van der Waals surface area contributed by atoms with Crippen LogP contribution in [0.4, 0.5) is 5.69 Å². The van der Waals surface area contributed by atoms with Crippen molar-refractivity contribution in [2.75, 3.05) is 5.73 Å². The Bertz CT molecular complexity index is 497. The van der Waals surface area contributed by atoms with Crippen LogP contribution < -0.4 is 5.73 Å². The fraction of sp³-hybridized carbons (Fsp3) is 0.231. The molecule has 0 saturated carbocycles. The minimum Gasteiger partial charge on any atom is -0.398 e. The van der Waals surface area contributed by atoms with Gasteiger partial charge in [0.2, 0.25) is 0 Å². The van der Waals surface area contributed by atoms with Crippen LogP contribution in [0, 0.1) is 20.8 Å². The summed E-state index contributed by atoms with van der Waals surface area (Å²) in [5, 5.41) is 0. The van der Waals surface area contributed by atoms with Gasteiger partial charge in [0.05, 0.1) is 0 Å². The zero-order valence-corrected chi connectivity index (χ0v) is 10.1. The number of nitrogens with two attached hydrogens (primary N) is 1. The van der Waals surface area contributed by atoms with Crippen molar-refractivity contribution in [3.63, 3.8) is 0 Å². The highest BCUT2D eigenvalue weighted by Crippen LogP contribution is 2.32. The van der Waals surface area contributed by atoms with Crippen molar-refractivity contribution in [3.8, 4) is 10.4 Å². The molecular formula is C13H15NS. The van der Waals surface area contributed by atoms with Crippen molar-refractivity contribution in [2.45, 2.75) is 20.8 Å². The molecule has 0 radical (unpaired) electrons. The van der Waals surface area contributed by atoms with E-state index >= 15 is 0 Å². The van der Waals surface area contributed by atoms with Crippen molar-refractivity contribution in [1.29, 1.82) is 0 Å². The van der Waals surface area contributed by atoms with Crippen LogP contribution in [0.2, 0.25) is 0 Å². The third-order valence-corrected chi connectivity index (χ3v) is 3.65. The van der Waals surface area contributed by atoms with Crippen LogP contribution in [0.15, 0.2) is 24.3 Å². The van der Waals surface area contributed by atoms with E-state index in [0.717, 1.165) is 11.3 Å². The van der Waals surface area contributed by atoms with Gasteiger partial charge in [-0.05, 0) is 55.7 Å². The van der Waals surface area contributed by atoms with E-state index in [1.165, 1.54) is 20.9 Å². The van der Waals surface area contributed by atoms with Crippen LogP contribution in [-0.4, -0.2) is 0 Å². The zero-order chi connectivity index (χ0) is 11.0. The maximum absolute atomic E-state index is 5.94. The molecule has 1 aromatic heterocycles. The summed E-state index contributed by atoms with van der Waals surface area (Å²) < 4.78 is 0. The van der Waals surface area contributed by atoms with Crippen LogP contribution in [0.5, 0.6) is 0 Å². The van der Waals surface area contributed by atoms with Crippen LogP contribution in [-0.2, 0) is 0 Å². The van der Waals surface area contributed by atoms with Crippen molar-refractivity contribution in [3.05, 3.63) is 40.3 Å². The monoisotopic (exact) mass is 217 g/mol. The lowest BCUT2D eigenvalue weighted by atomic mass is 10.0. The molecule has 2 rings (SSSR count). The lowest BCUT2D eigenvalue weighted by molar-refractivity contribution is 1.39. The molecule has 0 bridgehead atoms. The summed E-state index contributed by atoms with van der Waals surface area (Å²) in [5.74, 6) is 0. The van der Waals surface area contributed by atoms with Gasteiger partial charge in [-0.2, -0.15) is 0 Å². The molecule has 0 unspecified atom stereocenters. The number of nitrogen functional groups attached to an aromatic ring is 1. The summed E-state index contributed by atoms with van der Waals surface area (Å²) in [5.41, 5.74) is 10.5. The quantitative estimate of drug-likeness (QED) is 0.720. The molecule has 15 heavy (non-hydrogen) atoms. The van der Waals surface area contributed by atoms with E-state index in [9.17, 15) is 0 Å². The third kappa shape index (κ3) is 1.90. The van der Waals surface area contributed by atoms with Gasteiger partial charge in [-0.1, -0.05) is 6.07 Å². The smallest absolute Gasteiger partial charge is 0.0350 e. The molecule has 0 aliphatic heterocycles. The normalized spacial score (nSPS) is 10.6. The van der Waals surface area contributed by atoms with Gasteiger partial charge in [0, 0.05) is 15.4 Å². The summed E-state index contributed by atoms with van der Waals surface area (Å²) in [6.45, 7) is 6.31. The lowest BCUT2D eigenvalue weighted by Gasteiger charge is -2.07. The molecule has 2 aromatic rings. The zero-order valence-electron chi connectivity index (χ0n) is 9.29. The van der Waals surface area contributed by atoms with E-state index in [0.29, 0.717) is 0 Å². The summed E-state index contributed by atoms with van der Waals surface area (Å²) in [4.78, 5) is 2.64. The number of aryl methyl sites for hydroxylation is 3.